The van der Waals surface area contributed by atoms with Gasteiger partial charge < -0.3 is 14.7 Å². The zero-order valence-electron chi connectivity index (χ0n) is 14.1. The van der Waals surface area contributed by atoms with E-state index in [0.29, 0.717) is 30.0 Å². The van der Waals surface area contributed by atoms with Gasteiger partial charge in [-0.2, -0.15) is 0 Å². The number of amides is 1. The first-order valence-corrected chi connectivity index (χ1v) is 8.99. The lowest BCUT2D eigenvalue weighted by molar-refractivity contribution is -0.129. The molecule has 1 aliphatic heterocycles. The standard InChI is InChI=1S/C19H18FNO4S/c1-25-10-3-9-21-16(12-5-7-13(20)8-6-12)15(18(23)19(21)24)17(22)14-4-2-11-26-14/h2,4-8,11,16,23H,3,9-10H2,1H3. The van der Waals surface area contributed by atoms with Crippen LogP contribution in [-0.2, 0) is 9.53 Å². The number of ketones is 1. The molecule has 0 fully saturated rings. The van der Waals surface area contributed by atoms with E-state index in [1.807, 2.05) is 0 Å². The lowest BCUT2D eigenvalue weighted by atomic mass is 9.95. The fourth-order valence-electron chi connectivity index (χ4n) is 3.03. The smallest absolute Gasteiger partial charge is 0.290 e. The van der Waals surface area contributed by atoms with Gasteiger partial charge in [0.1, 0.15) is 5.82 Å². The minimum absolute atomic E-state index is 0.0291. The Kier molecular flexibility index (Phi) is 5.49. The van der Waals surface area contributed by atoms with E-state index in [9.17, 15) is 19.1 Å². The third-order valence-corrected chi connectivity index (χ3v) is 5.10. The number of aliphatic hydroxyl groups excluding tert-OH is 1. The van der Waals surface area contributed by atoms with Crippen LogP contribution in [0.1, 0.15) is 27.7 Å². The van der Waals surface area contributed by atoms with Crippen molar-refractivity contribution in [2.45, 2.75) is 12.5 Å². The minimum Gasteiger partial charge on any atom is -0.503 e. The summed E-state index contributed by atoms with van der Waals surface area (Å²) in [5.74, 6) is -1.96. The van der Waals surface area contributed by atoms with E-state index in [4.69, 9.17) is 4.74 Å². The second kappa shape index (κ2) is 7.80. The SMILES string of the molecule is COCCCN1C(=O)C(O)=C(C(=O)c2cccs2)C1c1ccc(F)cc1. The molecule has 1 amide bonds. The molecule has 0 spiro atoms. The topological polar surface area (TPSA) is 66.8 Å². The molecule has 7 heteroatoms. The molecule has 5 nitrogen and oxygen atoms in total. The highest BCUT2D eigenvalue weighted by Crippen LogP contribution is 2.39. The number of benzene rings is 1. The number of ether oxygens (including phenoxy) is 1. The molecule has 0 saturated carbocycles. The Morgan fingerprint density at radius 1 is 1.31 bits per heavy atom. The lowest BCUT2D eigenvalue weighted by Gasteiger charge is -2.26. The summed E-state index contributed by atoms with van der Waals surface area (Å²) in [6.45, 7) is 0.745. The largest absolute Gasteiger partial charge is 0.503 e. The molecule has 0 saturated heterocycles. The van der Waals surface area contributed by atoms with Crippen molar-refractivity contribution in [1.82, 2.24) is 4.90 Å². The molecule has 1 aromatic heterocycles. The lowest BCUT2D eigenvalue weighted by Crippen LogP contribution is -2.32. The number of methoxy groups -OCH3 is 1. The number of hydrogen-bond acceptors (Lipinski definition) is 5. The molecule has 1 aliphatic rings. The average molecular weight is 375 g/mol. The fourth-order valence-corrected chi connectivity index (χ4v) is 3.71. The van der Waals surface area contributed by atoms with Gasteiger partial charge in [-0.3, -0.25) is 9.59 Å². The molecule has 26 heavy (non-hydrogen) atoms. The highest BCUT2D eigenvalue weighted by atomic mass is 32.1. The van der Waals surface area contributed by atoms with Crippen molar-refractivity contribution in [3.8, 4) is 0 Å². The maximum atomic E-state index is 13.3. The van der Waals surface area contributed by atoms with Crippen molar-refractivity contribution < 1.29 is 23.8 Å². The zero-order valence-corrected chi connectivity index (χ0v) is 15.0. The van der Waals surface area contributed by atoms with Crippen LogP contribution < -0.4 is 0 Å². The van der Waals surface area contributed by atoms with Crippen molar-refractivity contribution in [3.63, 3.8) is 0 Å². The number of thiophene rings is 1. The highest BCUT2D eigenvalue weighted by molar-refractivity contribution is 7.12. The molecule has 1 N–H and O–H groups in total. The van der Waals surface area contributed by atoms with E-state index in [1.54, 1.807) is 24.6 Å². The number of hydrogen-bond donors (Lipinski definition) is 1. The van der Waals surface area contributed by atoms with Crippen LogP contribution in [0.4, 0.5) is 4.39 Å². The van der Waals surface area contributed by atoms with Gasteiger partial charge in [-0.05, 0) is 35.6 Å². The van der Waals surface area contributed by atoms with Gasteiger partial charge in [-0.1, -0.05) is 18.2 Å². The predicted octanol–water partition coefficient (Wildman–Crippen LogP) is 3.50. The molecule has 2 aromatic rings. The fraction of sp³-hybridized carbons (Fsp3) is 0.263. The van der Waals surface area contributed by atoms with Crippen molar-refractivity contribution in [3.05, 3.63) is 69.4 Å². The van der Waals surface area contributed by atoms with Gasteiger partial charge in [0.2, 0.25) is 5.78 Å². The number of Topliss-reactive ketones (excluding diaryl/α,β-unsaturated/α-hetero) is 1. The first-order chi connectivity index (χ1) is 12.5. The summed E-state index contributed by atoms with van der Waals surface area (Å²) in [5.41, 5.74) is 0.600. The van der Waals surface area contributed by atoms with Gasteiger partial charge in [0.05, 0.1) is 16.5 Å². The highest BCUT2D eigenvalue weighted by Gasteiger charge is 2.43. The van der Waals surface area contributed by atoms with Crippen molar-refractivity contribution in [2.24, 2.45) is 0 Å². The number of carbonyl (C=O) groups excluding carboxylic acids is 2. The van der Waals surface area contributed by atoms with Gasteiger partial charge in [0.25, 0.3) is 5.91 Å². The molecular formula is C19H18FNO4S. The Morgan fingerprint density at radius 3 is 2.65 bits per heavy atom. The van der Waals surface area contributed by atoms with Gasteiger partial charge in [0, 0.05) is 20.3 Å². The Bertz CT molecular complexity index is 830. The van der Waals surface area contributed by atoms with Crippen LogP contribution in [0.15, 0.2) is 53.1 Å². The summed E-state index contributed by atoms with van der Waals surface area (Å²) in [6.07, 6.45) is 0.549. The molecule has 0 aliphatic carbocycles. The first-order valence-electron chi connectivity index (χ1n) is 8.11. The van der Waals surface area contributed by atoms with Gasteiger partial charge in [-0.15, -0.1) is 11.3 Å². The maximum Gasteiger partial charge on any atom is 0.290 e. The number of carbonyl (C=O) groups is 2. The summed E-state index contributed by atoms with van der Waals surface area (Å²) in [5, 5.41) is 12.2. The second-order valence-electron chi connectivity index (χ2n) is 5.87. The third-order valence-electron chi connectivity index (χ3n) is 4.23. The number of nitrogens with zero attached hydrogens (tertiary/aromatic N) is 1. The van der Waals surface area contributed by atoms with E-state index in [1.165, 1.54) is 40.5 Å². The summed E-state index contributed by atoms with van der Waals surface area (Å²) in [4.78, 5) is 27.4. The second-order valence-corrected chi connectivity index (χ2v) is 6.82. The van der Waals surface area contributed by atoms with Crippen LogP contribution in [-0.4, -0.2) is 42.0 Å². The van der Waals surface area contributed by atoms with Gasteiger partial charge in [0.15, 0.2) is 5.76 Å². The number of rotatable bonds is 7. The quantitative estimate of drug-likeness (QED) is 0.594. The molecule has 136 valence electrons. The van der Waals surface area contributed by atoms with Crippen LogP contribution in [0.3, 0.4) is 0 Å². The number of aliphatic hydroxyl groups is 1. The van der Waals surface area contributed by atoms with Crippen LogP contribution in [0, 0.1) is 5.82 Å². The Morgan fingerprint density at radius 2 is 2.04 bits per heavy atom. The monoisotopic (exact) mass is 375 g/mol. The average Bonchev–Trinajstić information content (AvgIpc) is 3.25. The van der Waals surface area contributed by atoms with Gasteiger partial charge >= 0.3 is 0 Å². The van der Waals surface area contributed by atoms with Crippen LogP contribution in [0.2, 0.25) is 0 Å². The molecular weight excluding hydrogens is 357 g/mol. The first kappa shape index (κ1) is 18.3. The predicted molar refractivity (Wildman–Crippen MR) is 95.7 cm³/mol. The summed E-state index contributed by atoms with van der Waals surface area (Å²) < 4.78 is 18.4. The molecule has 0 bridgehead atoms. The Labute approximate surface area is 154 Å². The molecule has 1 aromatic carbocycles. The molecule has 0 radical (unpaired) electrons. The minimum atomic E-state index is -0.755. The summed E-state index contributed by atoms with van der Waals surface area (Å²) in [6, 6.07) is 8.22. The third kappa shape index (κ3) is 3.40. The van der Waals surface area contributed by atoms with Crippen LogP contribution >= 0.6 is 11.3 Å². The molecule has 3 rings (SSSR count). The van der Waals surface area contributed by atoms with Gasteiger partial charge in [-0.25, -0.2) is 4.39 Å². The van der Waals surface area contributed by atoms with Crippen LogP contribution in [0.5, 0.6) is 0 Å². The normalized spacial score (nSPS) is 17.2. The van der Waals surface area contributed by atoms with E-state index < -0.39 is 29.3 Å². The van der Waals surface area contributed by atoms with Crippen molar-refractivity contribution in [1.29, 1.82) is 0 Å². The Hall–Kier alpha value is -2.51. The maximum absolute atomic E-state index is 13.3. The number of halogens is 1. The molecule has 1 unspecified atom stereocenters. The summed E-state index contributed by atoms with van der Waals surface area (Å²) >= 11 is 1.24. The zero-order chi connectivity index (χ0) is 18.7. The van der Waals surface area contributed by atoms with E-state index in [0.717, 1.165) is 0 Å². The summed E-state index contributed by atoms with van der Waals surface area (Å²) in [7, 11) is 1.56. The van der Waals surface area contributed by atoms with Crippen molar-refractivity contribution >= 4 is 23.0 Å². The molecule has 1 atom stereocenters. The van der Waals surface area contributed by atoms with Crippen LogP contribution in [0.25, 0.3) is 0 Å². The van der Waals surface area contributed by atoms with E-state index in [2.05, 4.69) is 0 Å². The molecule has 2 heterocycles. The van der Waals surface area contributed by atoms with Crippen molar-refractivity contribution in [2.75, 3.05) is 20.3 Å². The van der Waals surface area contributed by atoms with E-state index in [-0.39, 0.29) is 5.57 Å². The van der Waals surface area contributed by atoms with E-state index >= 15 is 0 Å². The Balaban J connectivity index is 2.02.